The molecule has 0 aliphatic heterocycles. The molecule has 1 aromatic rings. The first-order valence-electron chi connectivity index (χ1n) is 6.30. The topological polar surface area (TPSA) is 21.7 Å². The van der Waals surface area contributed by atoms with Crippen LogP contribution in [0, 0.1) is 6.92 Å². The van der Waals surface area contributed by atoms with E-state index < -0.39 is 0 Å². The first-order chi connectivity index (χ1) is 8.42. The summed E-state index contributed by atoms with van der Waals surface area (Å²) in [5.74, 6) is 1.39. The van der Waals surface area contributed by atoms with Gasteiger partial charge in [0, 0.05) is 7.11 Å². The summed E-state index contributed by atoms with van der Waals surface area (Å²) in [6.45, 7) is 6.44. The fraction of sp³-hybridized carbons (Fsp3) is 0.600. The monoisotopic (exact) mass is 251 g/mol. The molecule has 18 heavy (non-hydrogen) atoms. The molecule has 3 nitrogen and oxygen atoms in total. The normalized spacial score (nSPS) is 13.2. The number of benzene rings is 1. The second kappa shape index (κ2) is 6.21. The van der Waals surface area contributed by atoms with E-state index >= 15 is 0 Å². The molecule has 0 saturated carbocycles. The smallest absolute Gasteiger partial charge is 0.136 e. The van der Waals surface area contributed by atoms with Crippen LogP contribution in [0.4, 0.5) is 0 Å². The third-order valence-corrected chi connectivity index (χ3v) is 3.20. The van der Waals surface area contributed by atoms with E-state index in [4.69, 9.17) is 9.47 Å². The molecule has 1 atom stereocenters. The molecule has 0 aliphatic carbocycles. The number of nitrogens with zero attached hydrogens (tertiary/aromatic N) is 1. The highest BCUT2D eigenvalue weighted by molar-refractivity contribution is 5.44. The highest BCUT2D eigenvalue weighted by Crippen LogP contribution is 2.33. The maximum absolute atomic E-state index is 5.57. The van der Waals surface area contributed by atoms with Gasteiger partial charge < -0.3 is 9.47 Å². The van der Waals surface area contributed by atoms with Gasteiger partial charge in [-0.15, -0.1) is 0 Å². The van der Waals surface area contributed by atoms with Crippen LogP contribution < -0.4 is 4.74 Å². The van der Waals surface area contributed by atoms with Crippen LogP contribution in [0.2, 0.25) is 0 Å². The van der Waals surface area contributed by atoms with Gasteiger partial charge in [-0.1, -0.05) is 13.8 Å². The Labute approximate surface area is 111 Å². The minimum Gasteiger partial charge on any atom is -0.496 e. The lowest BCUT2D eigenvalue weighted by molar-refractivity contribution is -0.00593. The van der Waals surface area contributed by atoms with Crippen molar-refractivity contribution in [3.05, 3.63) is 28.8 Å². The SMILES string of the molecule is COc1cc(C)c(C(OC)N(C)C)cc1C(C)C. The third kappa shape index (κ3) is 3.03. The third-order valence-electron chi connectivity index (χ3n) is 3.20. The Bertz CT molecular complexity index is 400. The van der Waals surface area contributed by atoms with E-state index in [2.05, 4.69) is 37.8 Å². The van der Waals surface area contributed by atoms with Gasteiger partial charge in [0.05, 0.1) is 7.11 Å². The molecule has 0 amide bonds. The maximum atomic E-state index is 5.57. The van der Waals surface area contributed by atoms with Crippen LogP contribution >= 0.6 is 0 Å². The van der Waals surface area contributed by atoms with Crippen molar-refractivity contribution in [2.75, 3.05) is 28.3 Å². The van der Waals surface area contributed by atoms with Crippen LogP contribution in [0.15, 0.2) is 12.1 Å². The van der Waals surface area contributed by atoms with Gasteiger partial charge in [-0.3, -0.25) is 4.90 Å². The average molecular weight is 251 g/mol. The number of methoxy groups -OCH3 is 2. The lowest BCUT2D eigenvalue weighted by Crippen LogP contribution is -2.22. The Balaban J connectivity index is 3.32. The molecule has 1 rings (SSSR count). The van der Waals surface area contributed by atoms with Gasteiger partial charge in [-0.05, 0) is 55.8 Å². The first kappa shape index (κ1) is 15.0. The predicted molar refractivity (Wildman–Crippen MR) is 75.3 cm³/mol. The molecule has 0 spiro atoms. The zero-order valence-electron chi connectivity index (χ0n) is 12.6. The number of rotatable bonds is 5. The van der Waals surface area contributed by atoms with Gasteiger partial charge >= 0.3 is 0 Å². The van der Waals surface area contributed by atoms with Crippen LogP contribution in [0.5, 0.6) is 5.75 Å². The number of hydrogen-bond donors (Lipinski definition) is 0. The van der Waals surface area contributed by atoms with E-state index in [0.717, 1.165) is 5.75 Å². The van der Waals surface area contributed by atoms with E-state index in [1.165, 1.54) is 16.7 Å². The molecule has 0 bridgehead atoms. The predicted octanol–water partition coefficient (Wildman–Crippen LogP) is 3.33. The molecule has 0 aliphatic rings. The highest BCUT2D eigenvalue weighted by Gasteiger charge is 2.19. The van der Waals surface area contributed by atoms with Crippen molar-refractivity contribution < 1.29 is 9.47 Å². The van der Waals surface area contributed by atoms with E-state index in [1.807, 2.05) is 14.1 Å². The maximum Gasteiger partial charge on any atom is 0.136 e. The molecule has 0 N–H and O–H groups in total. The minimum absolute atomic E-state index is 0.0200. The lowest BCUT2D eigenvalue weighted by atomic mass is 9.95. The largest absolute Gasteiger partial charge is 0.496 e. The zero-order valence-corrected chi connectivity index (χ0v) is 12.6. The Hall–Kier alpha value is -1.06. The van der Waals surface area contributed by atoms with Crippen molar-refractivity contribution in [2.24, 2.45) is 0 Å². The van der Waals surface area contributed by atoms with Crippen molar-refractivity contribution in [3.63, 3.8) is 0 Å². The Morgan fingerprint density at radius 2 is 1.67 bits per heavy atom. The van der Waals surface area contributed by atoms with Gasteiger partial charge in [0.15, 0.2) is 0 Å². The second-order valence-corrected chi connectivity index (χ2v) is 5.16. The summed E-state index contributed by atoms with van der Waals surface area (Å²) in [5, 5.41) is 0. The summed E-state index contributed by atoms with van der Waals surface area (Å²) in [6, 6.07) is 4.30. The quantitative estimate of drug-likeness (QED) is 0.749. The zero-order chi connectivity index (χ0) is 13.9. The molecular weight excluding hydrogens is 226 g/mol. The van der Waals surface area contributed by atoms with Crippen molar-refractivity contribution in [2.45, 2.75) is 32.9 Å². The number of ether oxygens (including phenoxy) is 2. The van der Waals surface area contributed by atoms with Crippen molar-refractivity contribution in [3.8, 4) is 5.75 Å². The summed E-state index contributed by atoms with van der Waals surface area (Å²) in [7, 11) is 7.50. The molecule has 0 radical (unpaired) electrons. The van der Waals surface area contributed by atoms with Crippen LogP contribution in [-0.2, 0) is 4.74 Å². The summed E-state index contributed by atoms with van der Waals surface area (Å²) in [4.78, 5) is 2.07. The molecule has 1 aromatic carbocycles. The Morgan fingerprint density at radius 3 is 2.06 bits per heavy atom. The molecule has 1 unspecified atom stereocenters. The number of aryl methyl sites for hydroxylation is 1. The van der Waals surface area contributed by atoms with Crippen LogP contribution in [0.1, 0.15) is 42.7 Å². The summed E-state index contributed by atoms with van der Waals surface area (Å²) < 4.78 is 11.0. The summed E-state index contributed by atoms with van der Waals surface area (Å²) in [6.07, 6.45) is -0.0200. The Kier molecular flexibility index (Phi) is 5.17. The summed E-state index contributed by atoms with van der Waals surface area (Å²) in [5.41, 5.74) is 3.62. The van der Waals surface area contributed by atoms with E-state index in [9.17, 15) is 0 Å². The van der Waals surface area contributed by atoms with Crippen molar-refractivity contribution in [1.29, 1.82) is 0 Å². The number of hydrogen-bond acceptors (Lipinski definition) is 3. The van der Waals surface area contributed by atoms with E-state index in [0.29, 0.717) is 5.92 Å². The van der Waals surface area contributed by atoms with Gasteiger partial charge in [-0.25, -0.2) is 0 Å². The van der Waals surface area contributed by atoms with Gasteiger partial charge in [0.25, 0.3) is 0 Å². The Morgan fingerprint density at radius 1 is 1.06 bits per heavy atom. The van der Waals surface area contributed by atoms with Gasteiger partial charge in [-0.2, -0.15) is 0 Å². The van der Waals surface area contributed by atoms with E-state index in [-0.39, 0.29) is 6.23 Å². The minimum atomic E-state index is -0.0200. The highest BCUT2D eigenvalue weighted by atomic mass is 16.5. The van der Waals surface area contributed by atoms with Crippen molar-refractivity contribution >= 4 is 0 Å². The molecule has 0 fully saturated rings. The van der Waals surface area contributed by atoms with Crippen LogP contribution in [-0.4, -0.2) is 33.2 Å². The molecule has 3 heteroatoms. The standard InChI is InChI=1S/C15H25NO2/c1-10(2)12-9-13(15(18-7)16(4)5)11(3)8-14(12)17-6/h8-10,15H,1-7H3. The summed E-state index contributed by atoms with van der Waals surface area (Å²) >= 11 is 0. The van der Waals surface area contributed by atoms with Gasteiger partial charge in [0.2, 0.25) is 0 Å². The molecular formula is C15H25NO2. The average Bonchev–Trinajstić information content (AvgIpc) is 2.30. The van der Waals surface area contributed by atoms with Crippen molar-refractivity contribution in [1.82, 2.24) is 4.90 Å². The fourth-order valence-corrected chi connectivity index (χ4v) is 2.23. The molecule has 0 heterocycles. The molecule has 102 valence electrons. The molecule has 0 saturated heterocycles. The fourth-order valence-electron chi connectivity index (χ4n) is 2.23. The lowest BCUT2D eigenvalue weighted by Gasteiger charge is -2.26. The van der Waals surface area contributed by atoms with Crippen LogP contribution in [0.25, 0.3) is 0 Å². The van der Waals surface area contributed by atoms with Gasteiger partial charge in [0.1, 0.15) is 12.0 Å². The molecule has 0 aromatic heterocycles. The van der Waals surface area contributed by atoms with E-state index in [1.54, 1.807) is 14.2 Å². The second-order valence-electron chi connectivity index (χ2n) is 5.16. The first-order valence-corrected chi connectivity index (χ1v) is 6.30. The van der Waals surface area contributed by atoms with Crippen LogP contribution in [0.3, 0.4) is 0 Å².